The maximum Gasteiger partial charge on any atom is 0.0479 e. The number of hydrogen-bond donors (Lipinski definition) is 0. The van der Waals surface area contributed by atoms with Gasteiger partial charge < -0.3 is 4.57 Å². The summed E-state index contributed by atoms with van der Waals surface area (Å²) in [5.41, 5.74) is 4.27. The Morgan fingerprint density at radius 1 is 0.893 bits per heavy atom. The van der Waals surface area contributed by atoms with Crippen molar-refractivity contribution < 1.29 is 0 Å². The summed E-state index contributed by atoms with van der Waals surface area (Å²) in [5.74, 6) is 0. The van der Waals surface area contributed by atoms with Crippen LogP contribution in [0.4, 0.5) is 0 Å². The van der Waals surface area contributed by atoms with Crippen molar-refractivity contribution in [3.8, 4) is 0 Å². The molecule has 0 bridgehead atoms. The third-order valence-corrected chi connectivity index (χ3v) is 6.54. The lowest BCUT2D eigenvalue weighted by molar-refractivity contribution is 0.235. The average Bonchev–Trinajstić information content (AvgIpc) is 3.31. The molecule has 0 radical (unpaired) electrons. The van der Waals surface area contributed by atoms with Crippen molar-refractivity contribution in [2.75, 3.05) is 6.54 Å². The van der Waals surface area contributed by atoms with Crippen molar-refractivity contribution in [3.63, 3.8) is 0 Å². The maximum atomic E-state index is 2.71. The van der Waals surface area contributed by atoms with E-state index in [0.717, 1.165) is 13.0 Å². The Balaban J connectivity index is 1.32. The van der Waals surface area contributed by atoms with Crippen LogP contribution in [0.15, 0.2) is 72.8 Å². The van der Waals surface area contributed by atoms with Crippen LogP contribution in [0.3, 0.4) is 0 Å². The van der Waals surface area contributed by atoms with Gasteiger partial charge in [-0.3, -0.25) is 4.90 Å². The van der Waals surface area contributed by atoms with Gasteiger partial charge in [-0.15, -0.1) is 0 Å². The summed E-state index contributed by atoms with van der Waals surface area (Å²) in [7, 11) is 2.21. The largest absolute Gasteiger partial charge is 0.348 e. The zero-order valence-electron chi connectivity index (χ0n) is 16.6. The van der Waals surface area contributed by atoms with E-state index in [4.69, 9.17) is 0 Å². The van der Waals surface area contributed by atoms with E-state index < -0.39 is 0 Å². The molecule has 0 saturated carbocycles. The summed E-state index contributed by atoms with van der Waals surface area (Å²) < 4.78 is 2.37. The van der Waals surface area contributed by atoms with Gasteiger partial charge in [0.15, 0.2) is 0 Å². The van der Waals surface area contributed by atoms with E-state index in [9.17, 15) is 0 Å². The Morgan fingerprint density at radius 2 is 1.68 bits per heavy atom. The summed E-state index contributed by atoms with van der Waals surface area (Å²) in [4.78, 5) is 2.71. The summed E-state index contributed by atoms with van der Waals surface area (Å²) in [6.07, 6.45) is 5.05. The molecular formula is C26H28N2. The molecule has 0 N–H and O–H groups in total. The Bertz CT molecular complexity index is 1100. The number of aromatic nitrogens is 1. The van der Waals surface area contributed by atoms with Crippen molar-refractivity contribution in [2.24, 2.45) is 7.05 Å². The number of hydrogen-bond acceptors (Lipinski definition) is 1. The SMILES string of the molecule is Cn1c(CC[C@@H]2CCCN2Cc2cccc3ccccc23)cc2ccccc21. The molecule has 1 atom stereocenters. The second-order valence-electron chi connectivity index (χ2n) is 8.20. The van der Waals surface area contributed by atoms with Crippen LogP contribution in [0.25, 0.3) is 21.7 Å². The average molecular weight is 369 g/mol. The van der Waals surface area contributed by atoms with Crippen molar-refractivity contribution in [1.29, 1.82) is 0 Å². The fourth-order valence-electron chi connectivity index (χ4n) is 4.98. The molecule has 0 spiro atoms. The molecule has 4 aromatic rings. The Labute approximate surface area is 167 Å². The van der Waals surface area contributed by atoms with E-state index in [2.05, 4.69) is 89.3 Å². The van der Waals surface area contributed by atoms with Gasteiger partial charge in [0, 0.05) is 30.8 Å². The summed E-state index contributed by atoms with van der Waals surface area (Å²) in [6, 6.07) is 27.3. The first-order valence-electron chi connectivity index (χ1n) is 10.5. The van der Waals surface area contributed by atoms with Gasteiger partial charge in [0.25, 0.3) is 0 Å². The smallest absolute Gasteiger partial charge is 0.0479 e. The first-order chi connectivity index (χ1) is 13.8. The maximum absolute atomic E-state index is 2.71. The normalized spacial score (nSPS) is 17.7. The topological polar surface area (TPSA) is 8.17 Å². The molecule has 1 fully saturated rings. The van der Waals surface area contributed by atoms with Crippen molar-refractivity contribution >= 4 is 21.7 Å². The molecule has 0 amide bonds. The van der Waals surface area contributed by atoms with E-state index in [0.29, 0.717) is 6.04 Å². The monoisotopic (exact) mass is 368 g/mol. The lowest BCUT2D eigenvalue weighted by Gasteiger charge is -2.25. The van der Waals surface area contributed by atoms with Crippen LogP contribution in [0, 0.1) is 0 Å². The third kappa shape index (κ3) is 3.22. The minimum absolute atomic E-state index is 0.692. The highest BCUT2D eigenvalue weighted by Crippen LogP contribution is 2.28. The van der Waals surface area contributed by atoms with Crippen LogP contribution in [0.2, 0.25) is 0 Å². The van der Waals surface area contributed by atoms with E-state index in [-0.39, 0.29) is 0 Å². The molecule has 0 unspecified atom stereocenters. The van der Waals surface area contributed by atoms with Gasteiger partial charge >= 0.3 is 0 Å². The van der Waals surface area contributed by atoms with Gasteiger partial charge in [0.05, 0.1) is 0 Å². The highest BCUT2D eigenvalue weighted by Gasteiger charge is 2.25. The van der Waals surface area contributed by atoms with Crippen LogP contribution in [-0.2, 0) is 20.0 Å². The number of fused-ring (bicyclic) bond motifs is 2. The number of nitrogens with zero attached hydrogens (tertiary/aromatic N) is 2. The lowest BCUT2D eigenvalue weighted by atomic mass is 10.0. The van der Waals surface area contributed by atoms with Gasteiger partial charge in [0.1, 0.15) is 0 Å². The predicted octanol–water partition coefficient (Wildman–Crippen LogP) is 5.93. The molecule has 28 heavy (non-hydrogen) atoms. The predicted molar refractivity (Wildman–Crippen MR) is 119 cm³/mol. The molecule has 2 nitrogen and oxygen atoms in total. The molecule has 2 heteroatoms. The van der Waals surface area contributed by atoms with Gasteiger partial charge in [0.2, 0.25) is 0 Å². The zero-order chi connectivity index (χ0) is 18.9. The van der Waals surface area contributed by atoms with Crippen LogP contribution >= 0.6 is 0 Å². The molecule has 1 aliphatic heterocycles. The highest BCUT2D eigenvalue weighted by atomic mass is 15.2. The Morgan fingerprint density at radius 3 is 2.57 bits per heavy atom. The molecule has 1 saturated heterocycles. The molecule has 2 heterocycles. The molecule has 142 valence electrons. The second-order valence-corrected chi connectivity index (χ2v) is 8.20. The van der Waals surface area contributed by atoms with E-state index in [1.165, 1.54) is 58.7 Å². The number of aryl methyl sites for hydroxylation is 2. The standard InChI is InChI=1S/C26H28N2/c1-27-24(18-21-9-3-5-14-26(21)27)16-15-23-12-7-17-28(23)19-22-11-6-10-20-8-2-4-13-25(20)22/h2-6,8-11,13-14,18,23H,7,12,15-17,19H2,1H3/t23-/m0/s1. The van der Waals surface area contributed by atoms with E-state index >= 15 is 0 Å². The fourth-order valence-corrected chi connectivity index (χ4v) is 4.98. The zero-order valence-corrected chi connectivity index (χ0v) is 16.6. The Kier molecular flexibility index (Phi) is 4.66. The lowest BCUT2D eigenvalue weighted by Crippen LogP contribution is -2.29. The quantitative estimate of drug-likeness (QED) is 0.424. The van der Waals surface area contributed by atoms with E-state index in [1.807, 2.05) is 0 Å². The van der Waals surface area contributed by atoms with Gasteiger partial charge in [-0.25, -0.2) is 0 Å². The molecule has 1 aliphatic rings. The second kappa shape index (κ2) is 7.44. The molecule has 0 aliphatic carbocycles. The van der Waals surface area contributed by atoms with Crippen molar-refractivity contribution in [3.05, 3.63) is 84.1 Å². The number of rotatable bonds is 5. The first-order valence-corrected chi connectivity index (χ1v) is 10.5. The van der Waals surface area contributed by atoms with E-state index in [1.54, 1.807) is 0 Å². The molecular weight excluding hydrogens is 340 g/mol. The van der Waals surface area contributed by atoms with Gasteiger partial charge in [-0.2, -0.15) is 0 Å². The van der Waals surface area contributed by atoms with Crippen LogP contribution in [0.5, 0.6) is 0 Å². The third-order valence-electron chi connectivity index (χ3n) is 6.54. The summed E-state index contributed by atoms with van der Waals surface area (Å²) in [5, 5.41) is 4.12. The minimum atomic E-state index is 0.692. The fraction of sp³-hybridized carbons (Fsp3) is 0.308. The molecule has 1 aromatic heterocycles. The Hall–Kier alpha value is -2.58. The van der Waals surface area contributed by atoms with Crippen molar-refractivity contribution in [2.45, 2.75) is 38.3 Å². The van der Waals surface area contributed by atoms with Crippen LogP contribution in [-0.4, -0.2) is 22.1 Å². The highest BCUT2D eigenvalue weighted by molar-refractivity contribution is 5.85. The van der Waals surface area contributed by atoms with Crippen LogP contribution in [0.1, 0.15) is 30.5 Å². The number of para-hydroxylation sites is 1. The molecule has 3 aromatic carbocycles. The summed E-state index contributed by atoms with van der Waals surface area (Å²) in [6.45, 7) is 2.30. The first kappa shape index (κ1) is 17.5. The van der Waals surface area contributed by atoms with Crippen molar-refractivity contribution in [1.82, 2.24) is 9.47 Å². The number of likely N-dealkylation sites (tertiary alicyclic amines) is 1. The van der Waals surface area contributed by atoms with Gasteiger partial charge in [-0.05, 0) is 66.1 Å². The minimum Gasteiger partial charge on any atom is -0.348 e. The van der Waals surface area contributed by atoms with Gasteiger partial charge in [-0.1, -0.05) is 60.7 Å². The molecule has 5 rings (SSSR count). The summed E-state index contributed by atoms with van der Waals surface area (Å²) >= 11 is 0. The number of benzene rings is 3. The van der Waals surface area contributed by atoms with Crippen LogP contribution < -0.4 is 0 Å².